The number of rotatable bonds is 8. The van der Waals surface area contributed by atoms with Gasteiger partial charge in [0.15, 0.2) is 5.82 Å². The van der Waals surface area contributed by atoms with Crippen LogP contribution in [0.1, 0.15) is 12.5 Å². The highest BCUT2D eigenvalue weighted by Crippen LogP contribution is 2.34. The summed E-state index contributed by atoms with van der Waals surface area (Å²) in [5.41, 5.74) is 2.25. The summed E-state index contributed by atoms with van der Waals surface area (Å²) < 4.78 is 24.1. The third kappa shape index (κ3) is 4.68. The first kappa shape index (κ1) is 21.5. The van der Waals surface area contributed by atoms with Crippen LogP contribution in [0.3, 0.4) is 0 Å². The Kier molecular flexibility index (Phi) is 6.22. The number of carboxylic acid groups (broad SMARTS) is 1. The highest BCUT2D eigenvalue weighted by atomic mass is 32.2. The largest absolute Gasteiger partial charge is 0.480 e. The van der Waals surface area contributed by atoms with E-state index in [9.17, 15) is 18.3 Å². The molecule has 0 amide bonds. The van der Waals surface area contributed by atoms with Crippen LogP contribution in [0.2, 0.25) is 0 Å². The van der Waals surface area contributed by atoms with Gasteiger partial charge in [-0.3, -0.25) is 10.1 Å². The van der Waals surface area contributed by atoms with E-state index in [1.165, 1.54) is 13.0 Å². The normalized spacial score (nSPS) is 13.7. The number of carboxylic acids is 1. The summed E-state index contributed by atoms with van der Waals surface area (Å²) in [6.07, 6.45) is -1.05. The molecular weight excluding hydrogens is 412 g/mol. The van der Waals surface area contributed by atoms with E-state index in [0.29, 0.717) is 11.1 Å². The molecule has 1 unspecified atom stereocenters. The summed E-state index contributed by atoms with van der Waals surface area (Å²) >= 11 is 0. The van der Waals surface area contributed by atoms with Crippen LogP contribution in [-0.4, -0.2) is 57.4 Å². The van der Waals surface area contributed by atoms with Crippen LogP contribution >= 0.6 is 0 Å². The predicted octanol–water partition coefficient (Wildman–Crippen LogP) is 0.105. The molecule has 12 heteroatoms. The number of nitrogens with two attached hydrogens (primary N) is 1. The number of tetrazole rings is 1. The van der Waals surface area contributed by atoms with E-state index in [1.807, 2.05) is 0 Å². The number of nitrogens with zero attached hydrogens (tertiary/aromatic N) is 3. The van der Waals surface area contributed by atoms with Crippen molar-refractivity contribution in [1.29, 1.82) is 0 Å². The smallest absolute Gasteiger partial charge is 0.323 e. The molecule has 0 radical (unpaired) electrons. The van der Waals surface area contributed by atoms with Crippen LogP contribution in [0.25, 0.3) is 22.5 Å². The molecule has 1 aromatic heterocycles. The molecule has 0 aliphatic rings. The molecule has 0 bridgehead atoms. The summed E-state index contributed by atoms with van der Waals surface area (Å²) in [6, 6.07) is 10.6. The second-order valence-electron chi connectivity index (χ2n) is 6.61. The van der Waals surface area contributed by atoms with Gasteiger partial charge in [-0.25, -0.2) is 18.7 Å². The molecule has 2 atom stereocenters. The predicted molar refractivity (Wildman–Crippen MR) is 106 cm³/mol. The summed E-state index contributed by atoms with van der Waals surface area (Å²) in [5, 5.41) is 40.2. The van der Waals surface area contributed by atoms with Crippen molar-refractivity contribution in [2.75, 3.05) is 0 Å². The number of sulfonamides is 1. The Labute approximate surface area is 172 Å². The van der Waals surface area contributed by atoms with Crippen molar-refractivity contribution in [2.24, 2.45) is 5.14 Å². The second-order valence-corrected chi connectivity index (χ2v) is 8.14. The number of hydrogen-bond donors (Lipinski definition) is 5. The quantitative estimate of drug-likeness (QED) is 0.329. The summed E-state index contributed by atoms with van der Waals surface area (Å²) in [6.45, 7) is 1.62. The standard InChI is InChI=1S/C18H20N6O5S/c1-10(25)16(18(26)27)20-9-11-5-7-12(8-6-11)13-3-2-4-14(30(19,28)29)15(13)17-21-23-24-22-17/h2-8,10,16,20,25H,9H2,1H3,(H,26,27)(H2,19,28,29)(H,21,22,23,24)/t10?,16-/m0/s1. The Morgan fingerprint density at radius 1 is 1.23 bits per heavy atom. The van der Waals surface area contributed by atoms with E-state index in [2.05, 4.69) is 25.9 Å². The molecule has 6 N–H and O–H groups in total. The number of benzene rings is 2. The third-order valence-corrected chi connectivity index (χ3v) is 5.41. The molecule has 0 fully saturated rings. The molecule has 2 aromatic carbocycles. The average Bonchev–Trinajstić information content (AvgIpc) is 3.21. The minimum absolute atomic E-state index is 0.120. The molecule has 158 valence electrons. The minimum Gasteiger partial charge on any atom is -0.480 e. The van der Waals surface area contributed by atoms with Crippen molar-refractivity contribution in [3.8, 4) is 22.5 Å². The lowest BCUT2D eigenvalue weighted by molar-refractivity contribution is -0.142. The molecular formula is C18H20N6O5S. The highest BCUT2D eigenvalue weighted by molar-refractivity contribution is 7.89. The fraction of sp³-hybridized carbons (Fsp3) is 0.222. The van der Waals surface area contributed by atoms with Crippen LogP contribution in [-0.2, 0) is 21.4 Å². The molecule has 0 saturated heterocycles. The van der Waals surface area contributed by atoms with Crippen LogP contribution in [0, 0.1) is 0 Å². The number of primary sulfonamides is 1. The molecule has 0 spiro atoms. The van der Waals surface area contributed by atoms with E-state index >= 15 is 0 Å². The molecule has 30 heavy (non-hydrogen) atoms. The second kappa shape index (κ2) is 8.67. The maximum atomic E-state index is 12.1. The fourth-order valence-electron chi connectivity index (χ4n) is 3.01. The van der Waals surface area contributed by atoms with Crippen LogP contribution in [0.5, 0.6) is 0 Å². The van der Waals surface area contributed by atoms with Gasteiger partial charge in [0.1, 0.15) is 6.04 Å². The van der Waals surface area contributed by atoms with Crippen molar-refractivity contribution in [2.45, 2.75) is 30.5 Å². The lowest BCUT2D eigenvalue weighted by Crippen LogP contribution is -2.44. The molecule has 3 rings (SSSR count). The number of aromatic nitrogens is 4. The average molecular weight is 432 g/mol. The maximum Gasteiger partial charge on any atom is 0.323 e. The van der Waals surface area contributed by atoms with Gasteiger partial charge >= 0.3 is 5.97 Å². The van der Waals surface area contributed by atoms with Crippen molar-refractivity contribution in [3.05, 3.63) is 48.0 Å². The Bertz CT molecular complexity index is 1130. The van der Waals surface area contributed by atoms with E-state index in [-0.39, 0.29) is 22.8 Å². The Morgan fingerprint density at radius 3 is 2.47 bits per heavy atom. The first-order valence-electron chi connectivity index (χ1n) is 8.82. The summed E-state index contributed by atoms with van der Waals surface area (Å²) in [5.74, 6) is -0.992. The maximum absolute atomic E-state index is 12.1. The van der Waals surface area contributed by atoms with E-state index in [0.717, 1.165) is 5.56 Å². The van der Waals surface area contributed by atoms with Gasteiger partial charge in [-0.15, -0.1) is 5.10 Å². The number of aliphatic hydroxyl groups is 1. The van der Waals surface area contributed by atoms with Gasteiger partial charge < -0.3 is 10.2 Å². The Morgan fingerprint density at radius 2 is 1.93 bits per heavy atom. The van der Waals surface area contributed by atoms with Gasteiger partial charge in [0, 0.05) is 12.1 Å². The van der Waals surface area contributed by atoms with Crippen molar-refractivity contribution < 1.29 is 23.4 Å². The number of aromatic amines is 1. The van der Waals surface area contributed by atoms with Gasteiger partial charge in [-0.05, 0) is 40.1 Å². The number of nitrogens with one attached hydrogen (secondary N) is 2. The molecule has 0 aliphatic carbocycles. The third-order valence-electron chi connectivity index (χ3n) is 4.45. The monoisotopic (exact) mass is 432 g/mol. The Balaban J connectivity index is 1.95. The van der Waals surface area contributed by atoms with Gasteiger partial charge in [-0.1, -0.05) is 36.4 Å². The molecule has 3 aromatic rings. The minimum atomic E-state index is -4.04. The van der Waals surface area contributed by atoms with Crippen molar-refractivity contribution >= 4 is 16.0 Å². The van der Waals surface area contributed by atoms with Crippen LogP contribution in [0.4, 0.5) is 0 Å². The van der Waals surface area contributed by atoms with Gasteiger partial charge in [0.2, 0.25) is 10.0 Å². The first-order chi connectivity index (χ1) is 14.2. The summed E-state index contributed by atoms with van der Waals surface area (Å²) in [4.78, 5) is 11.0. The van der Waals surface area contributed by atoms with Gasteiger partial charge in [-0.2, -0.15) is 0 Å². The number of hydrogen-bond acceptors (Lipinski definition) is 8. The zero-order chi connectivity index (χ0) is 21.9. The van der Waals surface area contributed by atoms with Crippen molar-refractivity contribution in [1.82, 2.24) is 25.9 Å². The Hall–Kier alpha value is -3.19. The van der Waals surface area contributed by atoms with E-state index in [4.69, 9.17) is 10.2 Å². The zero-order valence-electron chi connectivity index (χ0n) is 15.8. The number of aliphatic hydroxyl groups excluding tert-OH is 1. The van der Waals surface area contributed by atoms with E-state index in [1.54, 1.807) is 36.4 Å². The topological polar surface area (TPSA) is 184 Å². The van der Waals surface area contributed by atoms with Gasteiger partial charge in [0.25, 0.3) is 0 Å². The van der Waals surface area contributed by atoms with Crippen LogP contribution in [0.15, 0.2) is 47.4 Å². The number of H-pyrrole nitrogens is 1. The molecule has 1 heterocycles. The lowest BCUT2D eigenvalue weighted by atomic mass is 9.98. The fourth-order valence-corrected chi connectivity index (χ4v) is 3.77. The summed E-state index contributed by atoms with van der Waals surface area (Å²) in [7, 11) is -4.04. The number of carbonyl (C=O) groups is 1. The molecule has 11 nitrogen and oxygen atoms in total. The molecule has 0 aliphatic heterocycles. The SMILES string of the molecule is CC(O)[C@H](NCc1ccc(-c2cccc(S(N)(=O)=O)c2-c2nnn[nH]2)cc1)C(=O)O. The van der Waals surface area contributed by atoms with E-state index < -0.39 is 28.1 Å². The van der Waals surface area contributed by atoms with Crippen molar-refractivity contribution in [3.63, 3.8) is 0 Å². The lowest BCUT2D eigenvalue weighted by Gasteiger charge is -2.17. The van der Waals surface area contributed by atoms with Crippen LogP contribution < -0.4 is 10.5 Å². The number of aliphatic carboxylic acids is 1. The van der Waals surface area contributed by atoms with Gasteiger partial charge in [0.05, 0.1) is 11.0 Å². The molecule has 0 saturated carbocycles. The zero-order valence-corrected chi connectivity index (χ0v) is 16.7. The highest BCUT2D eigenvalue weighted by Gasteiger charge is 2.23. The first-order valence-corrected chi connectivity index (χ1v) is 10.4.